The third kappa shape index (κ3) is 5.96. The number of aromatic nitrogens is 1. The first kappa shape index (κ1) is 19.6. The summed E-state index contributed by atoms with van der Waals surface area (Å²) in [6.45, 7) is 1.07. The average Bonchev–Trinajstić information content (AvgIpc) is 2.99. The van der Waals surface area contributed by atoms with Gasteiger partial charge in [0.05, 0.1) is 11.5 Å². The molecule has 2 aromatic rings. The number of amides is 1. The summed E-state index contributed by atoms with van der Waals surface area (Å²) in [6.07, 6.45) is 0. The van der Waals surface area contributed by atoms with Crippen LogP contribution in [0.5, 0.6) is 0 Å². The Morgan fingerprint density at radius 1 is 1.19 bits per heavy atom. The molecular formula is C16H14F2N2O5S. The predicted octanol–water partition coefficient (Wildman–Crippen LogP) is 2.36. The molecule has 0 saturated carbocycles. The Hall–Kier alpha value is -2.75. The zero-order valence-electron chi connectivity index (χ0n) is 13.6. The Morgan fingerprint density at radius 2 is 1.96 bits per heavy atom. The second kappa shape index (κ2) is 9.09. The fraction of sp³-hybridized carbons (Fsp3) is 0.250. The summed E-state index contributed by atoms with van der Waals surface area (Å²) >= 11 is 0.982. The average molecular weight is 384 g/mol. The molecule has 26 heavy (non-hydrogen) atoms. The van der Waals surface area contributed by atoms with Crippen LogP contribution in [0.15, 0.2) is 28.8 Å². The molecule has 1 N–H and O–H groups in total. The van der Waals surface area contributed by atoms with Crippen LogP contribution in [0.4, 0.5) is 14.6 Å². The van der Waals surface area contributed by atoms with Crippen LogP contribution in [0.1, 0.15) is 16.1 Å². The molecule has 0 aliphatic rings. The lowest BCUT2D eigenvalue weighted by Gasteiger charge is -2.05. The highest BCUT2D eigenvalue weighted by atomic mass is 32.2. The maximum Gasteiger partial charge on any atom is 0.316 e. The Balaban J connectivity index is 1.67. The van der Waals surface area contributed by atoms with Crippen molar-refractivity contribution in [3.8, 4) is 0 Å². The largest absolute Gasteiger partial charge is 0.457 e. The lowest BCUT2D eigenvalue weighted by atomic mass is 10.1. The van der Waals surface area contributed by atoms with Gasteiger partial charge in [-0.1, -0.05) is 5.16 Å². The fourth-order valence-electron chi connectivity index (χ4n) is 1.77. The number of rotatable bonds is 8. The number of thioether (sulfide) groups is 1. The number of carbonyl (C=O) groups excluding carboxylic acids is 3. The first-order valence-electron chi connectivity index (χ1n) is 7.30. The number of hydrogen-bond acceptors (Lipinski definition) is 7. The number of carbonyl (C=O) groups is 3. The number of esters is 1. The highest BCUT2D eigenvalue weighted by molar-refractivity contribution is 8.00. The van der Waals surface area contributed by atoms with Crippen molar-refractivity contribution >= 4 is 35.2 Å². The van der Waals surface area contributed by atoms with Crippen molar-refractivity contribution in [1.29, 1.82) is 0 Å². The predicted molar refractivity (Wildman–Crippen MR) is 88.8 cm³/mol. The second-order valence-corrected chi connectivity index (χ2v) is 6.06. The maximum absolute atomic E-state index is 13.1. The van der Waals surface area contributed by atoms with Crippen molar-refractivity contribution in [2.45, 2.75) is 6.92 Å². The zero-order chi connectivity index (χ0) is 19.1. The Labute approximate surface area is 151 Å². The van der Waals surface area contributed by atoms with Gasteiger partial charge >= 0.3 is 5.97 Å². The molecule has 0 saturated heterocycles. The van der Waals surface area contributed by atoms with Crippen molar-refractivity contribution in [1.82, 2.24) is 5.16 Å². The van der Waals surface area contributed by atoms with Crippen molar-refractivity contribution in [2.75, 3.05) is 23.4 Å². The Kier molecular flexibility index (Phi) is 6.84. The smallest absolute Gasteiger partial charge is 0.316 e. The minimum atomic E-state index is -1.16. The minimum absolute atomic E-state index is 0.0296. The summed E-state index contributed by atoms with van der Waals surface area (Å²) in [4.78, 5) is 34.9. The number of nitrogens with zero attached hydrogens (tertiary/aromatic N) is 1. The highest BCUT2D eigenvalue weighted by Gasteiger charge is 2.13. The number of Topliss-reactive ketones (excluding diaryl/α,β-unsaturated/α-hetero) is 1. The van der Waals surface area contributed by atoms with Crippen LogP contribution in [-0.2, 0) is 14.3 Å². The SMILES string of the molecule is Cc1cc(NC(=O)CSCC(=O)OCC(=O)c2ccc(F)c(F)c2)no1. The summed E-state index contributed by atoms with van der Waals surface area (Å²) in [6, 6.07) is 4.19. The van der Waals surface area contributed by atoms with Gasteiger partial charge in [-0.2, -0.15) is 0 Å². The Bertz CT molecular complexity index is 825. The van der Waals surface area contributed by atoms with E-state index in [1.165, 1.54) is 0 Å². The number of anilines is 1. The van der Waals surface area contributed by atoms with E-state index in [9.17, 15) is 23.2 Å². The number of ether oxygens (including phenoxy) is 1. The summed E-state index contributed by atoms with van der Waals surface area (Å²) in [5.41, 5.74) is -0.105. The molecule has 0 bridgehead atoms. The summed E-state index contributed by atoms with van der Waals surface area (Å²) in [5.74, 6) is -3.37. The third-order valence-corrected chi connectivity index (χ3v) is 3.86. The topological polar surface area (TPSA) is 98.5 Å². The van der Waals surface area contributed by atoms with Crippen molar-refractivity contribution < 1.29 is 32.4 Å². The molecule has 7 nitrogen and oxygen atoms in total. The van der Waals surface area contributed by atoms with Crippen molar-refractivity contribution in [2.24, 2.45) is 0 Å². The van der Waals surface area contributed by atoms with Crippen LogP contribution in [0, 0.1) is 18.6 Å². The van der Waals surface area contributed by atoms with Gasteiger partial charge in [-0.15, -0.1) is 11.8 Å². The molecule has 1 heterocycles. The molecule has 138 valence electrons. The molecule has 10 heteroatoms. The molecule has 0 unspecified atom stereocenters. The van der Waals surface area contributed by atoms with Gasteiger partial charge in [0.15, 0.2) is 29.8 Å². The molecule has 1 aromatic heterocycles. The number of halogens is 2. The molecule has 0 aliphatic heterocycles. The number of hydrogen-bond donors (Lipinski definition) is 1. The molecule has 0 fully saturated rings. The van der Waals surface area contributed by atoms with Gasteiger partial charge < -0.3 is 14.6 Å². The molecule has 0 radical (unpaired) electrons. The summed E-state index contributed by atoms with van der Waals surface area (Å²) in [7, 11) is 0. The number of nitrogens with one attached hydrogen (secondary N) is 1. The second-order valence-electron chi connectivity index (χ2n) is 5.08. The van der Waals surface area contributed by atoms with E-state index in [0.29, 0.717) is 5.76 Å². The lowest BCUT2D eigenvalue weighted by Crippen LogP contribution is -2.18. The number of ketones is 1. The van der Waals surface area contributed by atoms with Crippen LogP contribution in [0.2, 0.25) is 0 Å². The quantitative estimate of drug-likeness (QED) is 0.551. The fourth-order valence-corrected chi connectivity index (χ4v) is 2.38. The van der Waals surface area contributed by atoms with Gasteiger partial charge in [-0.25, -0.2) is 8.78 Å². The molecule has 0 aliphatic carbocycles. The third-order valence-electron chi connectivity index (χ3n) is 2.95. The minimum Gasteiger partial charge on any atom is -0.457 e. The highest BCUT2D eigenvalue weighted by Crippen LogP contribution is 2.11. The maximum atomic E-state index is 13.1. The van der Waals surface area contributed by atoms with E-state index in [0.717, 1.165) is 30.0 Å². The van der Waals surface area contributed by atoms with Crippen LogP contribution in [0.3, 0.4) is 0 Å². The van der Waals surface area contributed by atoms with Gasteiger partial charge in [0.2, 0.25) is 5.91 Å². The van der Waals surface area contributed by atoms with E-state index in [2.05, 4.69) is 10.5 Å². The van der Waals surface area contributed by atoms with E-state index < -0.39 is 30.0 Å². The number of aryl methyl sites for hydroxylation is 1. The monoisotopic (exact) mass is 384 g/mol. The molecule has 0 spiro atoms. The standard InChI is InChI=1S/C16H14F2N2O5S/c1-9-4-14(20-25-9)19-15(22)7-26-8-16(23)24-6-13(21)10-2-3-11(17)12(18)5-10/h2-5H,6-8H2,1H3,(H,19,20,22). The molecule has 1 amide bonds. The summed E-state index contributed by atoms with van der Waals surface area (Å²) in [5, 5.41) is 6.07. The molecular weight excluding hydrogens is 370 g/mol. The van der Waals surface area contributed by atoms with Gasteiger partial charge in [-0.05, 0) is 25.1 Å². The van der Waals surface area contributed by atoms with Crippen LogP contribution in [-0.4, -0.2) is 40.9 Å². The molecule has 0 atom stereocenters. The van der Waals surface area contributed by atoms with Gasteiger partial charge in [0.25, 0.3) is 0 Å². The van der Waals surface area contributed by atoms with E-state index in [4.69, 9.17) is 9.26 Å². The Morgan fingerprint density at radius 3 is 2.62 bits per heavy atom. The van der Waals surface area contributed by atoms with E-state index >= 15 is 0 Å². The van der Waals surface area contributed by atoms with E-state index in [-0.39, 0.29) is 28.8 Å². The first-order chi connectivity index (χ1) is 12.3. The lowest BCUT2D eigenvalue weighted by molar-refractivity contribution is -0.139. The van der Waals surface area contributed by atoms with Gasteiger partial charge in [-0.3, -0.25) is 14.4 Å². The summed E-state index contributed by atoms with van der Waals surface area (Å²) < 4.78 is 35.4. The number of benzene rings is 1. The first-order valence-corrected chi connectivity index (χ1v) is 8.45. The van der Waals surface area contributed by atoms with E-state index in [1.807, 2.05) is 0 Å². The van der Waals surface area contributed by atoms with Crippen LogP contribution in [0.25, 0.3) is 0 Å². The van der Waals surface area contributed by atoms with Crippen molar-refractivity contribution in [3.05, 3.63) is 47.2 Å². The van der Waals surface area contributed by atoms with Crippen LogP contribution >= 0.6 is 11.8 Å². The molecule has 1 aromatic carbocycles. The zero-order valence-corrected chi connectivity index (χ0v) is 14.4. The van der Waals surface area contributed by atoms with E-state index in [1.54, 1.807) is 13.0 Å². The van der Waals surface area contributed by atoms with Gasteiger partial charge in [0.1, 0.15) is 5.76 Å². The van der Waals surface area contributed by atoms with Crippen LogP contribution < -0.4 is 5.32 Å². The van der Waals surface area contributed by atoms with Crippen molar-refractivity contribution in [3.63, 3.8) is 0 Å². The normalized spacial score (nSPS) is 10.4. The molecule has 2 rings (SSSR count). The van der Waals surface area contributed by atoms with Gasteiger partial charge in [0, 0.05) is 11.6 Å².